The van der Waals surface area contributed by atoms with Gasteiger partial charge in [0.1, 0.15) is 0 Å². The average molecular weight is 284 g/mol. The maximum atomic E-state index is 14.6. The molecule has 0 saturated carbocycles. The number of aromatic amines is 1. The summed E-state index contributed by atoms with van der Waals surface area (Å²) in [5.74, 6) is -0.304. The van der Waals surface area contributed by atoms with Gasteiger partial charge in [-0.05, 0) is 19.8 Å². The molecule has 0 spiro atoms. The van der Waals surface area contributed by atoms with Crippen LogP contribution in [0.4, 0.5) is 4.39 Å². The normalized spacial score (nSPS) is 28.8. The van der Waals surface area contributed by atoms with E-state index in [-0.39, 0.29) is 5.92 Å². The van der Waals surface area contributed by atoms with Gasteiger partial charge in [-0.1, -0.05) is 20.8 Å². The van der Waals surface area contributed by atoms with Crippen molar-refractivity contribution in [3.63, 3.8) is 0 Å². The van der Waals surface area contributed by atoms with Gasteiger partial charge in [-0.15, -0.1) is 0 Å². The number of hydrogen-bond donors (Lipinski definition) is 1. The van der Waals surface area contributed by atoms with Gasteiger partial charge in [0, 0.05) is 17.7 Å². The lowest BCUT2D eigenvalue weighted by molar-refractivity contribution is -0.0936. The Morgan fingerprint density at radius 2 is 2.00 bits per heavy atom. The molecule has 1 fully saturated rings. The van der Waals surface area contributed by atoms with Crippen LogP contribution in [0.25, 0.3) is 0 Å². The van der Waals surface area contributed by atoms with Gasteiger partial charge in [-0.25, -0.2) is 9.18 Å². The summed E-state index contributed by atoms with van der Waals surface area (Å²) in [5, 5.41) is 0. The van der Waals surface area contributed by atoms with Crippen LogP contribution in [-0.4, -0.2) is 21.3 Å². The standard InChI is InChI=1S/C14H21FN2O3/c1-5-14(6-2)9(4)10(15)12(20-14)17-7-8(3)11(18)16-13(17)19/h7,9-10,12H,5-6H2,1-4H3,(H,16,18,19)/t9-,10+,12+/m0/s1. The molecule has 112 valence electrons. The second-order valence-electron chi connectivity index (χ2n) is 5.49. The van der Waals surface area contributed by atoms with Crippen LogP contribution in [0.1, 0.15) is 45.4 Å². The summed E-state index contributed by atoms with van der Waals surface area (Å²) >= 11 is 0. The van der Waals surface area contributed by atoms with E-state index in [1.165, 1.54) is 6.20 Å². The van der Waals surface area contributed by atoms with E-state index >= 15 is 0 Å². The van der Waals surface area contributed by atoms with Crippen molar-refractivity contribution in [2.75, 3.05) is 0 Å². The van der Waals surface area contributed by atoms with Gasteiger partial charge in [0.05, 0.1) is 5.60 Å². The fraction of sp³-hybridized carbons (Fsp3) is 0.714. The molecule has 1 saturated heterocycles. The summed E-state index contributed by atoms with van der Waals surface area (Å²) in [6, 6.07) is 0. The number of hydrogen-bond acceptors (Lipinski definition) is 3. The monoisotopic (exact) mass is 284 g/mol. The predicted molar refractivity (Wildman–Crippen MR) is 73.6 cm³/mol. The molecular weight excluding hydrogens is 263 g/mol. The van der Waals surface area contributed by atoms with Crippen molar-refractivity contribution in [3.8, 4) is 0 Å². The number of H-pyrrole nitrogens is 1. The van der Waals surface area contributed by atoms with Gasteiger partial charge in [-0.2, -0.15) is 0 Å². The number of aryl methyl sites for hydroxylation is 1. The molecule has 3 atom stereocenters. The minimum absolute atomic E-state index is 0.304. The second-order valence-corrected chi connectivity index (χ2v) is 5.49. The SMILES string of the molecule is CCC1(CC)O[C@@H](n2cc(C)c(=O)[nH]c2=O)[C@H](F)[C@@H]1C. The summed E-state index contributed by atoms with van der Waals surface area (Å²) in [6.45, 7) is 7.29. The first-order chi connectivity index (χ1) is 9.36. The molecular formula is C14H21FN2O3. The molecule has 0 aliphatic carbocycles. The molecule has 0 radical (unpaired) electrons. The number of alkyl halides is 1. The predicted octanol–water partition coefficient (Wildman–Crippen LogP) is 1.91. The van der Waals surface area contributed by atoms with Gasteiger partial charge < -0.3 is 4.74 Å². The minimum atomic E-state index is -1.28. The largest absolute Gasteiger partial charge is 0.348 e. The molecule has 1 N–H and O–H groups in total. The molecule has 2 rings (SSSR count). The third-order valence-electron chi connectivity index (χ3n) is 4.55. The summed E-state index contributed by atoms with van der Waals surface area (Å²) in [4.78, 5) is 25.5. The van der Waals surface area contributed by atoms with Crippen LogP contribution in [0.2, 0.25) is 0 Å². The van der Waals surface area contributed by atoms with Gasteiger partial charge in [0.25, 0.3) is 5.56 Å². The van der Waals surface area contributed by atoms with E-state index in [0.29, 0.717) is 18.4 Å². The Labute approximate surface area is 116 Å². The first kappa shape index (κ1) is 15.0. The Morgan fingerprint density at radius 1 is 1.40 bits per heavy atom. The third kappa shape index (κ3) is 2.12. The minimum Gasteiger partial charge on any atom is -0.348 e. The van der Waals surface area contributed by atoms with E-state index in [1.54, 1.807) is 13.8 Å². The number of rotatable bonds is 3. The maximum Gasteiger partial charge on any atom is 0.330 e. The molecule has 1 aliphatic heterocycles. The van der Waals surface area contributed by atoms with Gasteiger partial charge in [0.15, 0.2) is 12.4 Å². The highest BCUT2D eigenvalue weighted by atomic mass is 19.1. The quantitative estimate of drug-likeness (QED) is 0.922. The van der Waals surface area contributed by atoms with E-state index < -0.39 is 29.2 Å². The van der Waals surface area contributed by atoms with Crippen LogP contribution in [0.15, 0.2) is 15.8 Å². The molecule has 5 nitrogen and oxygen atoms in total. The van der Waals surface area contributed by atoms with Crippen molar-refractivity contribution in [3.05, 3.63) is 32.6 Å². The van der Waals surface area contributed by atoms with Crippen LogP contribution in [0.3, 0.4) is 0 Å². The molecule has 0 unspecified atom stereocenters. The number of halogens is 1. The lowest BCUT2D eigenvalue weighted by Crippen LogP contribution is -2.36. The lowest BCUT2D eigenvalue weighted by atomic mass is 9.83. The number of aromatic nitrogens is 2. The van der Waals surface area contributed by atoms with Crippen LogP contribution in [-0.2, 0) is 4.74 Å². The summed E-state index contributed by atoms with van der Waals surface area (Å²) in [5.41, 5.74) is -1.29. The highest BCUT2D eigenvalue weighted by Gasteiger charge is 2.52. The third-order valence-corrected chi connectivity index (χ3v) is 4.55. The first-order valence-electron chi connectivity index (χ1n) is 7.00. The van der Waals surface area contributed by atoms with Gasteiger partial charge in [0.2, 0.25) is 0 Å². The molecule has 2 heterocycles. The molecule has 1 aromatic heterocycles. The van der Waals surface area contributed by atoms with Crippen molar-refractivity contribution in [1.82, 2.24) is 9.55 Å². The van der Waals surface area contributed by atoms with E-state index in [0.717, 1.165) is 4.57 Å². The van der Waals surface area contributed by atoms with Crippen molar-refractivity contribution in [2.45, 2.75) is 58.5 Å². The molecule has 1 aliphatic rings. The van der Waals surface area contributed by atoms with Gasteiger partial charge in [-0.3, -0.25) is 14.3 Å². The molecule has 6 heteroatoms. The van der Waals surface area contributed by atoms with E-state index in [9.17, 15) is 14.0 Å². The first-order valence-corrected chi connectivity index (χ1v) is 7.00. The van der Waals surface area contributed by atoms with Crippen molar-refractivity contribution >= 4 is 0 Å². The second kappa shape index (κ2) is 5.16. The Bertz CT molecular complexity index is 603. The van der Waals surface area contributed by atoms with Crippen molar-refractivity contribution in [2.24, 2.45) is 5.92 Å². The summed E-state index contributed by atoms with van der Waals surface area (Å²) in [6.07, 6.45) is 0.468. The average Bonchev–Trinajstić information content (AvgIpc) is 2.68. The zero-order valence-corrected chi connectivity index (χ0v) is 12.3. The lowest BCUT2D eigenvalue weighted by Gasteiger charge is -2.30. The van der Waals surface area contributed by atoms with Crippen molar-refractivity contribution < 1.29 is 9.13 Å². The fourth-order valence-corrected chi connectivity index (χ4v) is 3.00. The number of nitrogens with one attached hydrogen (secondary N) is 1. The molecule has 1 aromatic rings. The Morgan fingerprint density at radius 3 is 2.50 bits per heavy atom. The highest BCUT2D eigenvalue weighted by molar-refractivity contribution is 5.04. The fourth-order valence-electron chi connectivity index (χ4n) is 3.00. The number of nitrogens with zero attached hydrogens (tertiary/aromatic N) is 1. The van der Waals surface area contributed by atoms with Crippen LogP contribution in [0.5, 0.6) is 0 Å². The zero-order valence-electron chi connectivity index (χ0n) is 12.3. The molecule has 0 bridgehead atoms. The van der Waals surface area contributed by atoms with Crippen LogP contribution in [0, 0.1) is 12.8 Å². The number of ether oxygens (including phenoxy) is 1. The Balaban J connectivity index is 2.47. The zero-order chi connectivity index (χ0) is 15.1. The smallest absolute Gasteiger partial charge is 0.330 e. The van der Waals surface area contributed by atoms with Gasteiger partial charge >= 0.3 is 5.69 Å². The Kier molecular flexibility index (Phi) is 3.86. The molecule has 20 heavy (non-hydrogen) atoms. The topological polar surface area (TPSA) is 64.1 Å². The summed E-state index contributed by atoms with van der Waals surface area (Å²) < 4.78 is 21.6. The maximum absolute atomic E-state index is 14.6. The van der Waals surface area contributed by atoms with Crippen LogP contribution < -0.4 is 11.2 Å². The van der Waals surface area contributed by atoms with E-state index in [2.05, 4.69) is 4.98 Å². The van der Waals surface area contributed by atoms with Crippen molar-refractivity contribution in [1.29, 1.82) is 0 Å². The van der Waals surface area contributed by atoms with E-state index in [1.807, 2.05) is 13.8 Å². The Hall–Kier alpha value is -1.43. The highest BCUT2D eigenvalue weighted by Crippen LogP contribution is 2.46. The van der Waals surface area contributed by atoms with E-state index in [4.69, 9.17) is 4.74 Å². The molecule has 0 amide bonds. The van der Waals surface area contributed by atoms with Crippen LogP contribution >= 0.6 is 0 Å². The summed E-state index contributed by atoms with van der Waals surface area (Å²) in [7, 11) is 0. The molecule has 0 aromatic carbocycles.